The molecule has 1 aliphatic heterocycles. The summed E-state index contributed by atoms with van der Waals surface area (Å²) in [4.78, 5) is 7.08. The Hall–Kier alpha value is -1.64. The van der Waals surface area contributed by atoms with Gasteiger partial charge in [-0.05, 0) is 37.0 Å². The third-order valence-corrected chi connectivity index (χ3v) is 5.22. The highest BCUT2D eigenvalue weighted by molar-refractivity contribution is 14.0. The maximum absolute atomic E-state index is 10.8. The Bertz CT molecular complexity index is 779. The van der Waals surface area contributed by atoms with Gasteiger partial charge in [-0.2, -0.15) is 0 Å². The number of nitrogens with one attached hydrogen (secondary N) is 2. The van der Waals surface area contributed by atoms with Crippen LogP contribution in [0.3, 0.4) is 0 Å². The van der Waals surface area contributed by atoms with Gasteiger partial charge in [-0.1, -0.05) is 54.6 Å². The van der Waals surface area contributed by atoms with Crippen molar-refractivity contribution in [3.8, 4) is 0 Å². The minimum Gasteiger partial charge on any atom is -0.384 e. The molecule has 29 heavy (non-hydrogen) atoms. The molecule has 2 aromatic rings. The van der Waals surface area contributed by atoms with Gasteiger partial charge in [0.25, 0.3) is 0 Å². The van der Waals surface area contributed by atoms with Crippen LogP contribution < -0.4 is 10.6 Å². The van der Waals surface area contributed by atoms with Gasteiger partial charge in [-0.25, -0.2) is 4.99 Å². The van der Waals surface area contributed by atoms with E-state index in [-0.39, 0.29) is 24.0 Å². The molecule has 0 aromatic heterocycles. The molecule has 0 aliphatic carbocycles. The lowest BCUT2D eigenvalue weighted by Crippen LogP contribution is -2.43. The molecule has 1 aliphatic rings. The second-order valence-electron chi connectivity index (χ2n) is 7.56. The Morgan fingerprint density at radius 1 is 1.07 bits per heavy atom. The maximum Gasteiger partial charge on any atom is 0.191 e. The summed E-state index contributed by atoms with van der Waals surface area (Å²) in [6, 6.07) is 18.4. The molecule has 0 saturated heterocycles. The highest BCUT2D eigenvalue weighted by Crippen LogP contribution is 2.20. The molecule has 5 nitrogen and oxygen atoms in total. The summed E-state index contributed by atoms with van der Waals surface area (Å²) in [6.45, 7) is 8.84. The zero-order valence-corrected chi connectivity index (χ0v) is 19.7. The Kier molecular flexibility index (Phi) is 9.39. The third kappa shape index (κ3) is 6.97. The fourth-order valence-corrected chi connectivity index (χ4v) is 3.54. The standard InChI is InChI=1S/C23H32N4O.HI/c1-3-24-22(26-18-23(2,28)21-11-5-4-6-12-21)25-14-16-27-15-13-19-9-7-8-10-20(19)17-27;/h4-12,28H,3,13-18H2,1-2H3,(H2,24,25,26);1H. The Morgan fingerprint density at radius 3 is 2.48 bits per heavy atom. The van der Waals surface area contributed by atoms with Gasteiger partial charge in [-0.3, -0.25) is 4.90 Å². The van der Waals surface area contributed by atoms with E-state index in [2.05, 4.69) is 44.8 Å². The topological polar surface area (TPSA) is 59.9 Å². The Labute approximate surface area is 191 Å². The molecular weight excluding hydrogens is 475 g/mol. The molecule has 0 fully saturated rings. The molecule has 3 rings (SSSR count). The summed E-state index contributed by atoms with van der Waals surface area (Å²) in [7, 11) is 0. The van der Waals surface area contributed by atoms with Gasteiger partial charge < -0.3 is 15.7 Å². The molecule has 2 aromatic carbocycles. The number of rotatable bonds is 7. The van der Waals surface area contributed by atoms with Crippen molar-refractivity contribution in [1.29, 1.82) is 0 Å². The predicted octanol–water partition coefficient (Wildman–Crippen LogP) is 3.13. The summed E-state index contributed by atoms with van der Waals surface area (Å²) in [5.74, 6) is 0.746. The second-order valence-corrected chi connectivity index (χ2v) is 7.56. The summed E-state index contributed by atoms with van der Waals surface area (Å²) < 4.78 is 0. The normalized spacial score (nSPS) is 16.3. The smallest absolute Gasteiger partial charge is 0.191 e. The Morgan fingerprint density at radius 2 is 1.76 bits per heavy atom. The minimum absolute atomic E-state index is 0. The molecule has 6 heteroatoms. The molecule has 0 amide bonds. The molecule has 3 N–H and O–H groups in total. The first kappa shape index (κ1) is 23.6. The van der Waals surface area contributed by atoms with E-state index < -0.39 is 5.60 Å². The molecule has 1 unspecified atom stereocenters. The van der Waals surface area contributed by atoms with Crippen LogP contribution in [0.5, 0.6) is 0 Å². The van der Waals surface area contributed by atoms with E-state index in [0.29, 0.717) is 6.54 Å². The first-order chi connectivity index (χ1) is 13.6. The highest BCUT2D eigenvalue weighted by atomic mass is 127. The summed E-state index contributed by atoms with van der Waals surface area (Å²) >= 11 is 0. The summed E-state index contributed by atoms with van der Waals surface area (Å²) in [6.07, 6.45) is 1.12. The average Bonchev–Trinajstić information content (AvgIpc) is 2.72. The molecule has 1 heterocycles. The quantitative estimate of drug-likeness (QED) is 0.306. The van der Waals surface area contributed by atoms with Crippen LogP contribution in [0.4, 0.5) is 0 Å². The van der Waals surface area contributed by atoms with Crippen LogP contribution in [0.15, 0.2) is 59.6 Å². The fraction of sp³-hybridized carbons (Fsp3) is 0.435. The lowest BCUT2D eigenvalue weighted by molar-refractivity contribution is 0.0672. The molecule has 1 atom stereocenters. The van der Waals surface area contributed by atoms with E-state index in [1.54, 1.807) is 6.92 Å². The van der Waals surface area contributed by atoms with Crippen LogP contribution in [-0.4, -0.2) is 48.7 Å². The number of guanidine groups is 1. The van der Waals surface area contributed by atoms with E-state index in [0.717, 1.165) is 50.7 Å². The van der Waals surface area contributed by atoms with Gasteiger partial charge in [0.2, 0.25) is 0 Å². The summed E-state index contributed by atoms with van der Waals surface area (Å²) in [5.41, 5.74) is 2.81. The highest BCUT2D eigenvalue weighted by Gasteiger charge is 2.22. The molecule has 0 bridgehead atoms. The minimum atomic E-state index is -0.986. The first-order valence-electron chi connectivity index (χ1n) is 10.2. The number of nitrogens with zero attached hydrogens (tertiary/aromatic N) is 2. The van der Waals surface area contributed by atoms with Crippen LogP contribution in [0.2, 0.25) is 0 Å². The van der Waals surface area contributed by atoms with Crippen molar-refractivity contribution < 1.29 is 5.11 Å². The van der Waals surface area contributed by atoms with Crippen molar-refractivity contribution in [3.63, 3.8) is 0 Å². The van der Waals surface area contributed by atoms with Crippen LogP contribution in [0.1, 0.15) is 30.5 Å². The zero-order chi connectivity index (χ0) is 19.8. The largest absolute Gasteiger partial charge is 0.384 e. The zero-order valence-electron chi connectivity index (χ0n) is 17.4. The SMILES string of the molecule is CCNC(=NCC(C)(O)c1ccccc1)NCCN1CCc2ccccc2C1.I. The average molecular weight is 508 g/mol. The fourth-order valence-electron chi connectivity index (χ4n) is 3.54. The predicted molar refractivity (Wildman–Crippen MR) is 131 cm³/mol. The second kappa shape index (κ2) is 11.5. The van der Waals surface area contributed by atoms with Crippen molar-refractivity contribution in [3.05, 3.63) is 71.3 Å². The van der Waals surface area contributed by atoms with E-state index in [9.17, 15) is 5.11 Å². The lowest BCUT2D eigenvalue weighted by atomic mass is 9.96. The van der Waals surface area contributed by atoms with Crippen LogP contribution in [0, 0.1) is 0 Å². The first-order valence-corrected chi connectivity index (χ1v) is 10.2. The monoisotopic (exact) mass is 508 g/mol. The van der Waals surface area contributed by atoms with Crippen molar-refractivity contribution in [1.82, 2.24) is 15.5 Å². The van der Waals surface area contributed by atoms with Crippen molar-refractivity contribution in [2.75, 3.05) is 32.7 Å². The molecule has 158 valence electrons. The summed E-state index contributed by atoms with van der Waals surface area (Å²) in [5, 5.41) is 17.4. The van der Waals surface area contributed by atoms with Crippen LogP contribution in [-0.2, 0) is 18.6 Å². The number of aliphatic imine (C=N–C) groups is 1. The van der Waals surface area contributed by atoms with Crippen molar-refractivity contribution in [2.45, 2.75) is 32.4 Å². The van der Waals surface area contributed by atoms with Gasteiger partial charge in [0, 0.05) is 32.7 Å². The third-order valence-electron chi connectivity index (χ3n) is 5.22. The molecular formula is C23H33IN4O. The van der Waals surface area contributed by atoms with Gasteiger partial charge in [0.15, 0.2) is 5.96 Å². The van der Waals surface area contributed by atoms with Gasteiger partial charge in [-0.15, -0.1) is 24.0 Å². The number of benzene rings is 2. The molecule has 0 spiro atoms. The number of fused-ring (bicyclic) bond motifs is 1. The Balaban J connectivity index is 0.00000300. The number of halogens is 1. The van der Waals surface area contributed by atoms with Gasteiger partial charge in [0.1, 0.15) is 5.60 Å². The van der Waals surface area contributed by atoms with Crippen LogP contribution in [0.25, 0.3) is 0 Å². The van der Waals surface area contributed by atoms with E-state index in [1.165, 1.54) is 11.1 Å². The van der Waals surface area contributed by atoms with E-state index >= 15 is 0 Å². The van der Waals surface area contributed by atoms with Gasteiger partial charge in [0.05, 0.1) is 6.54 Å². The number of hydrogen-bond donors (Lipinski definition) is 3. The maximum atomic E-state index is 10.8. The van der Waals surface area contributed by atoms with Crippen molar-refractivity contribution >= 4 is 29.9 Å². The van der Waals surface area contributed by atoms with E-state index in [4.69, 9.17) is 0 Å². The van der Waals surface area contributed by atoms with Crippen LogP contribution >= 0.6 is 24.0 Å². The lowest BCUT2D eigenvalue weighted by Gasteiger charge is -2.29. The van der Waals surface area contributed by atoms with Crippen molar-refractivity contribution in [2.24, 2.45) is 4.99 Å². The number of aliphatic hydroxyl groups is 1. The number of hydrogen-bond acceptors (Lipinski definition) is 3. The molecule has 0 radical (unpaired) electrons. The van der Waals surface area contributed by atoms with Gasteiger partial charge >= 0.3 is 0 Å². The van der Waals surface area contributed by atoms with E-state index in [1.807, 2.05) is 37.3 Å². The molecule has 0 saturated carbocycles.